The van der Waals surface area contributed by atoms with Gasteiger partial charge in [-0.2, -0.15) is 4.31 Å². The molecule has 2 aromatic carbocycles. The fourth-order valence-corrected chi connectivity index (χ4v) is 5.19. The molecule has 2 N–H and O–H groups in total. The van der Waals surface area contributed by atoms with E-state index in [1.54, 1.807) is 32.9 Å². The topological polar surface area (TPSA) is 123 Å². The van der Waals surface area contributed by atoms with Crippen LogP contribution in [0.3, 0.4) is 0 Å². The van der Waals surface area contributed by atoms with Crippen molar-refractivity contribution in [1.29, 1.82) is 0 Å². The molecular formula is C26H35N3O7S. The van der Waals surface area contributed by atoms with Gasteiger partial charge in [0.1, 0.15) is 24.6 Å². The molecule has 11 heteroatoms. The first-order valence-corrected chi connectivity index (χ1v) is 13.6. The fourth-order valence-electron chi connectivity index (χ4n) is 3.68. The number of nitrogens with one attached hydrogen (secondary N) is 2. The van der Waals surface area contributed by atoms with Gasteiger partial charge in [0.05, 0.1) is 11.4 Å². The summed E-state index contributed by atoms with van der Waals surface area (Å²) < 4.78 is 43.7. The Hall–Kier alpha value is -3.31. The minimum absolute atomic E-state index is 0.124. The number of alkyl carbamates (subject to hydrolysis) is 2. The lowest BCUT2D eigenvalue weighted by atomic mass is 10.1. The number of amides is 2. The highest BCUT2D eigenvalue weighted by Gasteiger charge is 2.31. The monoisotopic (exact) mass is 533 g/mol. The van der Waals surface area contributed by atoms with E-state index in [1.165, 1.54) is 16.4 Å². The lowest BCUT2D eigenvalue weighted by Gasteiger charge is -2.32. The molecule has 1 aliphatic rings. The number of carbonyl (C=O) groups excluding carboxylic acids is 2. The summed E-state index contributed by atoms with van der Waals surface area (Å²) in [6.07, 6.45) is -0.0903. The number of sulfonamides is 1. The van der Waals surface area contributed by atoms with Gasteiger partial charge in [-0.25, -0.2) is 18.0 Å². The molecule has 1 saturated heterocycles. The zero-order chi connectivity index (χ0) is 26.9. The Balaban J connectivity index is 1.43. The molecule has 0 bridgehead atoms. The largest absolute Gasteiger partial charge is 0.492 e. The minimum atomic E-state index is -3.72. The second-order valence-electron chi connectivity index (χ2n) is 9.64. The third-order valence-corrected chi connectivity index (χ3v) is 7.37. The van der Waals surface area contributed by atoms with Crippen molar-refractivity contribution < 1.29 is 32.2 Å². The zero-order valence-corrected chi connectivity index (χ0v) is 22.3. The molecule has 0 unspecified atom stereocenters. The van der Waals surface area contributed by atoms with Gasteiger partial charge in [0.15, 0.2) is 0 Å². The van der Waals surface area contributed by atoms with E-state index in [-0.39, 0.29) is 43.8 Å². The Morgan fingerprint density at radius 1 is 1.00 bits per heavy atom. The molecule has 202 valence electrons. The summed E-state index contributed by atoms with van der Waals surface area (Å²) in [6.45, 7) is 6.44. The van der Waals surface area contributed by atoms with Crippen molar-refractivity contribution in [1.82, 2.24) is 14.9 Å². The average Bonchev–Trinajstić information content (AvgIpc) is 2.85. The lowest BCUT2D eigenvalue weighted by Crippen LogP contribution is -2.47. The van der Waals surface area contributed by atoms with Crippen LogP contribution in [0.25, 0.3) is 0 Å². The number of rotatable bonds is 9. The van der Waals surface area contributed by atoms with Crippen LogP contribution in [0, 0.1) is 0 Å². The number of piperidine rings is 1. The minimum Gasteiger partial charge on any atom is -0.492 e. The molecule has 1 aliphatic heterocycles. The van der Waals surface area contributed by atoms with Crippen LogP contribution in [0.2, 0.25) is 0 Å². The molecule has 2 aromatic rings. The van der Waals surface area contributed by atoms with E-state index < -0.39 is 27.8 Å². The normalized spacial score (nSPS) is 15.0. The maximum atomic E-state index is 13.1. The van der Waals surface area contributed by atoms with E-state index in [9.17, 15) is 18.0 Å². The van der Waals surface area contributed by atoms with Crippen LogP contribution in [0.1, 0.15) is 39.2 Å². The quantitative estimate of drug-likeness (QED) is 0.472. The van der Waals surface area contributed by atoms with Crippen LogP contribution in [0.5, 0.6) is 5.75 Å². The summed E-state index contributed by atoms with van der Waals surface area (Å²) in [4.78, 5) is 23.9. The Kier molecular flexibility index (Phi) is 9.76. The van der Waals surface area contributed by atoms with Crippen LogP contribution in [0.15, 0.2) is 59.5 Å². The van der Waals surface area contributed by atoms with Crippen molar-refractivity contribution in [3.8, 4) is 5.75 Å². The summed E-state index contributed by atoms with van der Waals surface area (Å²) in [5.41, 5.74) is 0.290. The zero-order valence-electron chi connectivity index (χ0n) is 21.4. The molecule has 0 aromatic heterocycles. The molecule has 0 saturated carbocycles. The molecule has 10 nitrogen and oxygen atoms in total. The van der Waals surface area contributed by atoms with Gasteiger partial charge in [-0.15, -0.1) is 0 Å². The molecule has 0 radical (unpaired) electrons. The van der Waals surface area contributed by atoms with Crippen molar-refractivity contribution in [2.45, 2.75) is 56.8 Å². The highest BCUT2D eigenvalue weighted by Crippen LogP contribution is 2.24. The molecule has 2 amide bonds. The summed E-state index contributed by atoms with van der Waals surface area (Å²) >= 11 is 0. The molecule has 0 atom stereocenters. The highest BCUT2D eigenvalue weighted by molar-refractivity contribution is 7.89. The van der Waals surface area contributed by atoms with Gasteiger partial charge in [-0.1, -0.05) is 36.4 Å². The summed E-state index contributed by atoms with van der Waals surface area (Å²) in [7, 11) is -3.72. The molecule has 1 fully saturated rings. The number of benzene rings is 2. The second-order valence-corrected chi connectivity index (χ2v) is 11.6. The molecule has 3 rings (SSSR count). The SMILES string of the molecule is CC(C)(C)OC(=O)NC1CCN(S(=O)(=O)c2cccc(OCCNC(=O)OCc3ccccc3)c2)CC1. The predicted octanol–water partition coefficient (Wildman–Crippen LogP) is 3.67. The standard InChI is InChI=1S/C26H35N3O7S/c1-26(2,3)36-25(31)28-21-12-15-29(16-13-21)37(32,33)23-11-7-10-22(18-23)34-17-14-27-24(30)35-19-20-8-5-4-6-9-20/h4-11,18,21H,12-17,19H2,1-3H3,(H,27,30)(H,28,31). The number of hydrogen-bond acceptors (Lipinski definition) is 7. The van der Waals surface area contributed by atoms with Crippen molar-refractivity contribution in [2.24, 2.45) is 0 Å². The van der Waals surface area contributed by atoms with Gasteiger partial charge in [0.2, 0.25) is 10.0 Å². The molecular weight excluding hydrogens is 498 g/mol. The Morgan fingerprint density at radius 3 is 2.38 bits per heavy atom. The second kappa shape index (κ2) is 12.8. The average molecular weight is 534 g/mol. The first kappa shape index (κ1) is 28.3. The van der Waals surface area contributed by atoms with Crippen molar-refractivity contribution in [3.05, 3.63) is 60.2 Å². The Labute approximate surface area is 218 Å². The van der Waals surface area contributed by atoms with Gasteiger partial charge in [0, 0.05) is 25.2 Å². The van der Waals surface area contributed by atoms with Gasteiger partial charge < -0.3 is 24.8 Å². The predicted molar refractivity (Wildman–Crippen MR) is 138 cm³/mol. The van der Waals surface area contributed by atoms with E-state index in [2.05, 4.69) is 10.6 Å². The Morgan fingerprint density at radius 2 is 1.70 bits per heavy atom. The maximum Gasteiger partial charge on any atom is 0.407 e. The number of carbonyl (C=O) groups is 2. The smallest absolute Gasteiger partial charge is 0.407 e. The summed E-state index contributed by atoms with van der Waals surface area (Å²) in [5, 5.41) is 5.41. The number of hydrogen-bond donors (Lipinski definition) is 2. The van der Waals surface area contributed by atoms with Gasteiger partial charge in [-0.05, 0) is 51.3 Å². The van der Waals surface area contributed by atoms with Gasteiger partial charge in [0.25, 0.3) is 0 Å². The first-order chi connectivity index (χ1) is 17.5. The fraction of sp³-hybridized carbons (Fsp3) is 0.462. The van der Waals surface area contributed by atoms with E-state index in [0.29, 0.717) is 18.6 Å². The first-order valence-electron chi connectivity index (χ1n) is 12.2. The maximum absolute atomic E-state index is 13.1. The number of nitrogens with zero attached hydrogens (tertiary/aromatic N) is 1. The summed E-state index contributed by atoms with van der Waals surface area (Å²) in [5.74, 6) is 0.377. The highest BCUT2D eigenvalue weighted by atomic mass is 32.2. The van der Waals surface area contributed by atoms with Crippen LogP contribution < -0.4 is 15.4 Å². The van der Waals surface area contributed by atoms with Crippen LogP contribution in [0.4, 0.5) is 9.59 Å². The third kappa shape index (κ3) is 9.25. The van der Waals surface area contributed by atoms with Crippen molar-refractivity contribution in [2.75, 3.05) is 26.2 Å². The van der Waals surface area contributed by atoms with Crippen LogP contribution in [-0.2, 0) is 26.1 Å². The van der Waals surface area contributed by atoms with E-state index >= 15 is 0 Å². The number of ether oxygens (including phenoxy) is 3. The third-order valence-electron chi connectivity index (χ3n) is 5.47. The van der Waals surface area contributed by atoms with Crippen molar-refractivity contribution >= 4 is 22.2 Å². The van der Waals surface area contributed by atoms with E-state index in [1.807, 2.05) is 30.3 Å². The molecule has 0 spiro atoms. The van der Waals surface area contributed by atoms with E-state index in [0.717, 1.165) is 5.56 Å². The molecule has 1 heterocycles. The Bertz CT molecular complexity index is 1140. The lowest BCUT2D eigenvalue weighted by molar-refractivity contribution is 0.0489. The van der Waals surface area contributed by atoms with Gasteiger partial charge in [-0.3, -0.25) is 0 Å². The van der Waals surface area contributed by atoms with Crippen LogP contribution >= 0.6 is 0 Å². The summed E-state index contributed by atoms with van der Waals surface area (Å²) in [6, 6.07) is 15.4. The molecule has 37 heavy (non-hydrogen) atoms. The van der Waals surface area contributed by atoms with Crippen molar-refractivity contribution in [3.63, 3.8) is 0 Å². The van der Waals surface area contributed by atoms with Gasteiger partial charge >= 0.3 is 12.2 Å². The molecule has 0 aliphatic carbocycles. The van der Waals surface area contributed by atoms with Crippen LogP contribution in [-0.4, -0.2) is 62.8 Å². The van der Waals surface area contributed by atoms with E-state index in [4.69, 9.17) is 14.2 Å².